The molecule has 1 aliphatic rings. The summed E-state index contributed by atoms with van der Waals surface area (Å²) < 4.78 is 5.19. The average Bonchev–Trinajstić information content (AvgIpc) is 2.98. The third-order valence-electron chi connectivity index (χ3n) is 4.21. The van der Waals surface area contributed by atoms with Crippen LogP contribution in [0.2, 0.25) is 0 Å². The smallest absolute Gasteiger partial charge is 0.415 e. The van der Waals surface area contributed by atoms with Gasteiger partial charge in [0.1, 0.15) is 12.4 Å². The van der Waals surface area contributed by atoms with Gasteiger partial charge < -0.3 is 10.1 Å². The molecule has 0 unspecified atom stereocenters. The van der Waals surface area contributed by atoms with Gasteiger partial charge in [0.25, 0.3) is 0 Å². The molecule has 1 amide bonds. The van der Waals surface area contributed by atoms with Gasteiger partial charge in [-0.1, -0.05) is 44.2 Å². The first-order valence-electron chi connectivity index (χ1n) is 8.17. The van der Waals surface area contributed by atoms with E-state index in [-0.39, 0.29) is 24.1 Å². The van der Waals surface area contributed by atoms with Crippen LogP contribution in [0.25, 0.3) is 0 Å². The average molecular weight is 326 g/mol. The molecule has 126 valence electrons. The van der Waals surface area contributed by atoms with Gasteiger partial charge in [0.05, 0.1) is 12.1 Å². The van der Waals surface area contributed by atoms with Crippen LogP contribution in [-0.4, -0.2) is 28.7 Å². The molecule has 0 bridgehead atoms. The lowest BCUT2D eigenvalue weighted by molar-refractivity contribution is 0.177. The maximum atomic E-state index is 12.1. The molecule has 1 aromatic carbocycles. The third kappa shape index (κ3) is 3.32. The highest BCUT2D eigenvalue weighted by molar-refractivity contribution is 5.89. The van der Waals surface area contributed by atoms with Crippen LogP contribution in [-0.2, 0) is 4.74 Å². The van der Waals surface area contributed by atoms with Crippen molar-refractivity contribution in [1.82, 2.24) is 9.97 Å². The highest BCUT2D eigenvalue weighted by Crippen LogP contribution is 2.26. The second-order valence-electron chi connectivity index (χ2n) is 6.27. The minimum atomic E-state index is -0.352. The molecule has 1 aliphatic heterocycles. The number of benzene rings is 1. The fraction of sp³-hybridized carbons (Fsp3) is 0.389. The van der Waals surface area contributed by atoms with E-state index in [1.165, 1.54) is 0 Å². The summed E-state index contributed by atoms with van der Waals surface area (Å²) in [7, 11) is 0. The lowest BCUT2D eigenvalue weighted by atomic mass is 10.0. The Bertz CT molecular complexity index is 705. The van der Waals surface area contributed by atoms with Crippen molar-refractivity contribution >= 4 is 17.9 Å². The van der Waals surface area contributed by atoms with E-state index in [0.717, 1.165) is 5.56 Å². The summed E-state index contributed by atoms with van der Waals surface area (Å²) in [6, 6.07) is 11.9. The van der Waals surface area contributed by atoms with E-state index in [2.05, 4.69) is 29.1 Å². The Morgan fingerprint density at radius 3 is 2.67 bits per heavy atom. The number of anilines is 2. The zero-order chi connectivity index (χ0) is 17.1. The SMILES string of the molecule is CC(C)[C@H]1COC(=O)N1c1ccnc(N[C@H](C)c2ccccc2)n1. The second-order valence-corrected chi connectivity index (χ2v) is 6.27. The number of nitrogens with one attached hydrogen (secondary N) is 1. The Balaban J connectivity index is 1.80. The maximum Gasteiger partial charge on any atom is 0.415 e. The van der Waals surface area contributed by atoms with Crippen molar-refractivity contribution < 1.29 is 9.53 Å². The molecule has 2 atom stereocenters. The molecule has 6 nitrogen and oxygen atoms in total. The molecule has 1 N–H and O–H groups in total. The third-order valence-corrected chi connectivity index (χ3v) is 4.21. The molecular weight excluding hydrogens is 304 g/mol. The summed E-state index contributed by atoms with van der Waals surface area (Å²) in [5.74, 6) is 1.34. The molecule has 2 aromatic rings. The summed E-state index contributed by atoms with van der Waals surface area (Å²) in [5, 5.41) is 3.28. The molecule has 3 rings (SSSR count). The van der Waals surface area contributed by atoms with Crippen molar-refractivity contribution in [2.24, 2.45) is 5.92 Å². The molecule has 6 heteroatoms. The van der Waals surface area contributed by atoms with E-state index < -0.39 is 0 Å². The van der Waals surface area contributed by atoms with Crippen LogP contribution in [0.5, 0.6) is 0 Å². The van der Waals surface area contributed by atoms with Crippen molar-refractivity contribution in [3.05, 3.63) is 48.2 Å². The van der Waals surface area contributed by atoms with Gasteiger partial charge >= 0.3 is 6.09 Å². The van der Waals surface area contributed by atoms with Crippen molar-refractivity contribution in [3.8, 4) is 0 Å². The predicted octanol–water partition coefficient (Wildman–Crippen LogP) is 3.63. The summed E-state index contributed by atoms with van der Waals surface area (Å²) in [4.78, 5) is 22.5. The number of carbonyl (C=O) groups excluding carboxylic acids is 1. The number of cyclic esters (lactones) is 1. The van der Waals surface area contributed by atoms with Gasteiger partial charge in [-0.25, -0.2) is 9.78 Å². The van der Waals surface area contributed by atoms with Crippen molar-refractivity contribution in [2.75, 3.05) is 16.8 Å². The number of hydrogen-bond donors (Lipinski definition) is 1. The molecule has 0 saturated carbocycles. The molecule has 1 aromatic heterocycles. The number of amides is 1. The van der Waals surface area contributed by atoms with Gasteiger partial charge in [0, 0.05) is 6.20 Å². The number of nitrogens with zero attached hydrogens (tertiary/aromatic N) is 3. The second kappa shape index (κ2) is 6.86. The topological polar surface area (TPSA) is 67.3 Å². The molecule has 1 fully saturated rings. The fourth-order valence-corrected chi connectivity index (χ4v) is 2.76. The summed E-state index contributed by atoms with van der Waals surface area (Å²) in [6.07, 6.45) is 1.31. The Kier molecular flexibility index (Phi) is 4.64. The largest absolute Gasteiger partial charge is 0.447 e. The Hall–Kier alpha value is -2.63. The summed E-state index contributed by atoms with van der Waals surface area (Å²) >= 11 is 0. The molecule has 24 heavy (non-hydrogen) atoms. The van der Waals surface area contributed by atoms with Crippen LogP contribution < -0.4 is 10.2 Å². The predicted molar refractivity (Wildman–Crippen MR) is 93.0 cm³/mol. The first-order valence-corrected chi connectivity index (χ1v) is 8.17. The van der Waals surface area contributed by atoms with Crippen LogP contribution in [0.15, 0.2) is 42.6 Å². The summed E-state index contributed by atoms with van der Waals surface area (Å²) in [5.41, 5.74) is 1.15. The van der Waals surface area contributed by atoms with E-state index in [1.807, 2.05) is 37.3 Å². The number of aromatic nitrogens is 2. The normalized spacial score (nSPS) is 18.6. The van der Waals surface area contributed by atoms with Crippen LogP contribution in [0, 0.1) is 5.92 Å². The lowest BCUT2D eigenvalue weighted by Gasteiger charge is -2.23. The molecular formula is C18H22N4O2. The highest BCUT2D eigenvalue weighted by atomic mass is 16.6. The van der Waals surface area contributed by atoms with Crippen LogP contribution in [0.4, 0.5) is 16.6 Å². The first-order chi connectivity index (χ1) is 11.6. The van der Waals surface area contributed by atoms with Crippen molar-refractivity contribution in [1.29, 1.82) is 0 Å². The summed E-state index contributed by atoms with van der Waals surface area (Å²) in [6.45, 7) is 6.57. The van der Waals surface area contributed by atoms with Crippen molar-refractivity contribution in [2.45, 2.75) is 32.9 Å². The number of ether oxygens (including phenoxy) is 1. The highest BCUT2D eigenvalue weighted by Gasteiger charge is 2.37. The van der Waals surface area contributed by atoms with Gasteiger partial charge in [-0.2, -0.15) is 4.98 Å². The Morgan fingerprint density at radius 1 is 1.21 bits per heavy atom. The van der Waals surface area contributed by atoms with Crippen LogP contribution >= 0.6 is 0 Å². The minimum absolute atomic E-state index is 0.00760. The van der Waals surface area contributed by atoms with Gasteiger partial charge in [-0.05, 0) is 24.5 Å². The van der Waals surface area contributed by atoms with Gasteiger partial charge in [-0.15, -0.1) is 0 Å². The Morgan fingerprint density at radius 2 is 1.96 bits per heavy atom. The Labute approximate surface area is 141 Å². The van der Waals surface area contributed by atoms with E-state index >= 15 is 0 Å². The van der Waals surface area contributed by atoms with Gasteiger partial charge in [-0.3, -0.25) is 4.90 Å². The number of hydrogen-bond acceptors (Lipinski definition) is 5. The number of carbonyl (C=O) groups is 1. The zero-order valence-electron chi connectivity index (χ0n) is 14.1. The van der Waals surface area contributed by atoms with E-state index in [4.69, 9.17) is 4.74 Å². The number of rotatable bonds is 5. The van der Waals surface area contributed by atoms with Crippen molar-refractivity contribution in [3.63, 3.8) is 0 Å². The van der Waals surface area contributed by atoms with Gasteiger partial charge in [0.15, 0.2) is 0 Å². The molecule has 2 heterocycles. The lowest BCUT2D eigenvalue weighted by Crippen LogP contribution is -2.37. The fourth-order valence-electron chi connectivity index (χ4n) is 2.76. The van der Waals surface area contributed by atoms with E-state index in [1.54, 1.807) is 17.2 Å². The van der Waals surface area contributed by atoms with Gasteiger partial charge in [0.2, 0.25) is 5.95 Å². The molecule has 1 saturated heterocycles. The van der Waals surface area contributed by atoms with E-state index in [9.17, 15) is 4.79 Å². The standard InChI is InChI=1S/C18H22N4O2/c1-12(2)15-11-24-18(23)22(15)16-9-10-19-17(21-16)20-13(3)14-7-5-4-6-8-14/h4-10,12-13,15H,11H2,1-3H3,(H,19,20,21)/t13-,15-/m1/s1. The monoisotopic (exact) mass is 326 g/mol. The van der Waals surface area contributed by atoms with Crippen LogP contribution in [0.3, 0.4) is 0 Å². The minimum Gasteiger partial charge on any atom is -0.447 e. The maximum absolute atomic E-state index is 12.1. The molecule has 0 radical (unpaired) electrons. The molecule has 0 spiro atoms. The first kappa shape index (κ1) is 16.2. The zero-order valence-corrected chi connectivity index (χ0v) is 14.1. The quantitative estimate of drug-likeness (QED) is 0.909. The van der Waals surface area contributed by atoms with E-state index in [0.29, 0.717) is 18.4 Å². The molecule has 0 aliphatic carbocycles. The van der Waals surface area contributed by atoms with Crippen LogP contribution in [0.1, 0.15) is 32.4 Å².